The van der Waals surface area contributed by atoms with Gasteiger partial charge in [0.15, 0.2) is 0 Å². The average Bonchev–Trinajstić information content (AvgIpc) is 2.36. The number of hydrogen-bond acceptors (Lipinski definition) is 2. The molecule has 0 fully saturated rings. The zero-order valence-corrected chi connectivity index (χ0v) is 13.3. The van der Waals surface area contributed by atoms with E-state index < -0.39 is 10.0 Å². The number of aryl methyl sites for hydroxylation is 1. The quantitative estimate of drug-likeness (QED) is 0.724. The Labute approximate surface area is 121 Å². The molecule has 0 bridgehead atoms. The van der Waals surface area contributed by atoms with Gasteiger partial charge in [-0.15, -0.1) is 11.6 Å². The maximum Gasteiger partial charge on any atom is 0.242 e. The van der Waals surface area contributed by atoms with Crippen LogP contribution in [0.2, 0.25) is 0 Å². The number of unbranched alkanes of at least 4 members (excludes halogenated alkanes) is 1. The van der Waals surface area contributed by atoms with Crippen molar-refractivity contribution in [2.45, 2.75) is 43.4 Å². The standard InChI is InChI=1S/C14H22ClNO2S/c1-4-5-6-13(15)11-16(3)19(17,18)14-9-7-12(2)8-10-14/h7-10,13H,4-6,11H2,1-3H3. The molecule has 108 valence electrons. The molecule has 5 heteroatoms. The SMILES string of the molecule is CCCCC(Cl)CN(C)S(=O)(=O)c1ccc(C)cc1. The summed E-state index contributed by atoms with van der Waals surface area (Å²) in [7, 11) is -1.85. The van der Waals surface area contributed by atoms with Gasteiger partial charge in [-0.25, -0.2) is 8.42 Å². The maximum atomic E-state index is 12.3. The van der Waals surface area contributed by atoms with E-state index in [1.54, 1.807) is 31.3 Å². The van der Waals surface area contributed by atoms with Gasteiger partial charge in [0.2, 0.25) is 10.0 Å². The van der Waals surface area contributed by atoms with Crippen LogP contribution in [0.4, 0.5) is 0 Å². The molecular formula is C14H22ClNO2S. The molecule has 0 aromatic heterocycles. The zero-order chi connectivity index (χ0) is 14.5. The van der Waals surface area contributed by atoms with Crippen molar-refractivity contribution in [3.05, 3.63) is 29.8 Å². The minimum absolute atomic E-state index is 0.134. The van der Waals surface area contributed by atoms with Crippen LogP contribution in [0, 0.1) is 6.92 Å². The molecule has 1 aromatic rings. The van der Waals surface area contributed by atoms with E-state index in [9.17, 15) is 8.42 Å². The Hall–Kier alpha value is -0.580. The molecule has 0 spiro atoms. The lowest BCUT2D eigenvalue weighted by Crippen LogP contribution is -2.32. The predicted molar refractivity (Wildman–Crippen MR) is 80.2 cm³/mol. The molecule has 0 N–H and O–H groups in total. The van der Waals surface area contributed by atoms with Gasteiger partial charge in [-0.2, -0.15) is 4.31 Å². The molecule has 0 aliphatic carbocycles. The van der Waals surface area contributed by atoms with Crippen LogP contribution in [0.5, 0.6) is 0 Å². The van der Waals surface area contributed by atoms with Gasteiger partial charge in [0.25, 0.3) is 0 Å². The summed E-state index contributed by atoms with van der Waals surface area (Å²) in [5.74, 6) is 0. The van der Waals surface area contributed by atoms with Crippen LogP contribution < -0.4 is 0 Å². The van der Waals surface area contributed by atoms with E-state index in [1.165, 1.54) is 4.31 Å². The van der Waals surface area contributed by atoms with Gasteiger partial charge in [-0.3, -0.25) is 0 Å². The van der Waals surface area contributed by atoms with E-state index in [0.717, 1.165) is 24.8 Å². The summed E-state index contributed by atoms with van der Waals surface area (Å²) in [6, 6.07) is 6.87. The van der Waals surface area contributed by atoms with Gasteiger partial charge in [-0.05, 0) is 25.5 Å². The van der Waals surface area contributed by atoms with E-state index in [4.69, 9.17) is 11.6 Å². The highest BCUT2D eigenvalue weighted by molar-refractivity contribution is 7.89. The Morgan fingerprint density at radius 1 is 1.26 bits per heavy atom. The van der Waals surface area contributed by atoms with Crippen molar-refractivity contribution in [3.63, 3.8) is 0 Å². The van der Waals surface area contributed by atoms with Crippen molar-refractivity contribution in [2.24, 2.45) is 0 Å². The van der Waals surface area contributed by atoms with E-state index in [1.807, 2.05) is 6.92 Å². The summed E-state index contributed by atoms with van der Waals surface area (Å²) in [6.45, 7) is 4.37. The molecule has 1 unspecified atom stereocenters. The van der Waals surface area contributed by atoms with Gasteiger partial charge in [-0.1, -0.05) is 37.5 Å². The predicted octanol–water partition coefficient (Wildman–Crippen LogP) is 3.41. The number of alkyl halides is 1. The average molecular weight is 304 g/mol. The number of halogens is 1. The third kappa shape index (κ3) is 4.79. The summed E-state index contributed by atoms with van der Waals surface area (Å²) in [4.78, 5) is 0.319. The smallest absolute Gasteiger partial charge is 0.207 e. The minimum Gasteiger partial charge on any atom is -0.207 e. The van der Waals surface area contributed by atoms with Crippen molar-refractivity contribution >= 4 is 21.6 Å². The Balaban J connectivity index is 2.74. The van der Waals surface area contributed by atoms with Gasteiger partial charge < -0.3 is 0 Å². The lowest BCUT2D eigenvalue weighted by Gasteiger charge is -2.20. The third-order valence-electron chi connectivity index (χ3n) is 3.06. The lowest BCUT2D eigenvalue weighted by molar-refractivity contribution is 0.454. The van der Waals surface area contributed by atoms with Crippen LogP contribution in [0.3, 0.4) is 0 Å². The molecule has 1 atom stereocenters. The van der Waals surface area contributed by atoms with Crippen molar-refractivity contribution in [3.8, 4) is 0 Å². The molecule has 0 heterocycles. The van der Waals surface area contributed by atoms with Crippen molar-refractivity contribution in [1.29, 1.82) is 0 Å². The van der Waals surface area contributed by atoms with Crippen LogP contribution >= 0.6 is 11.6 Å². The molecule has 0 amide bonds. The molecule has 0 saturated heterocycles. The van der Waals surface area contributed by atoms with Crippen LogP contribution in [0.1, 0.15) is 31.7 Å². The summed E-state index contributed by atoms with van der Waals surface area (Å²) in [5.41, 5.74) is 1.04. The summed E-state index contributed by atoms with van der Waals surface area (Å²) < 4.78 is 26.0. The van der Waals surface area contributed by atoms with Gasteiger partial charge in [0.1, 0.15) is 0 Å². The van der Waals surface area contributed by atoms with E-state index >= 15 is 0 Å². The topological polar surface area (TPSA) is 37.4 Å². The fourth-order valence-electron chi connectivity index (χ4n) is 1.78. The minimum atomic E-state index is -3.43. The Morgan fingerprint density at radius 2 is 1.84 bits per heavy atom. The molecular weight excluding hydrogens is 282 g/mol. The normalized spacial score (nSPS) is 13.7. The number of rotatable bonds is 7. The number of nitrogens with zero attached hydrogens (tertiary/aromatic N) is 1. The monoisotopic (exact) mass is 303 g/mol. The molecule has 1 rings (SSSR count). The summed E-state index contributed by atoms with van der Waals surface area (Å²) in [6.07, 6.45) is 2.93. The molecule has 3 nitrogen and oxygen atoms in total. The molecule has 19 heavy (non-hydrogen) atoms. The molecule has 1 aromatic carbocycles. The van der Waals surface area contributed by atoms with Crippen LogP contribution in [0.15, 0.2) is 29.2 Å². The first-order valence-electron chi connectivity index (χ1n) is 6.55. The first-order chi connectivity index (χ1) is 8.87. The third-order valence-corrected chi connectivity index (χ3v) is 5.25. The Morgan fingerprint density at radius 3 is 2.37 bits per heavy atom. The van der Waals surface area contributed by atoms with Crippen molar-refractivity contribution < 1.29 is 8.42 Å². The highest BCUT2D eigenvalue weighted by Gasteiger charge is 2.22. The summed E-state index contributed by atoms with van der Waals surface area (Å²) >= 11 is 6.17. The second kappa shape index (κ2) is 7.27. The second-order valence-corrected chi connectivity index (χ2v) is 7.50. The molecule has 0 radical (unpaired) electrons. The Kier molecular flexibility index (Phi) is 6.30. The molecule has 0 aliphatic rings. The zero-order valence-electron chi connectivity index (χ0n) is 11.8. The molecule has 0 saturated carbocycles. The number of hydrogen-bond donors (Lipinski definition) is 0. The second-order valence-electron chi connectivity index (χ2n) is 4.84. The number of sulfonamides is 1. The first kappa shape index (κ1) is 16.5. The maximum absolute atomic E-state index is 12.3. The van der Waals surface area contributed by atoms with E-state index in [0.29, 0.717) is 11.4 Å². The first-order valence-corrected chi connectivity index (χ1v) is 8.42. The largest absolute Gasteiger partial charge is 0.242 e. The summed E-state index contributed by atoms with van der Waals surface area (Å²) in [5, 5.41) is -0.134. The van der Waals surface area contributed by atoms with E-state index in [-0.39, 0.29) is 5.38 Å². The van der Waals surface area contributed by atoms with Crippen LogP contribution in [-0.2, 0) is 10.0 Å². The van der Waals surface area contributed by atoms with Crippen molar-refractivity contribution in [2.75, 3.05) is 13.6 Å². The highest BCUT2D eigenvalue weighted by atomic mass is 35.5. The number of benzene rings is 1. The molecule has 0 aliphatic heterocycles. The van der Waals surface area contributed by atoms with Gasteiger partial charge >= 0.3 is 0 Å². The van der Waals surface area contributed by atoms with Crippen LogP contribution in [-0.4, -0.2) is 31.7 Å². The highest BCUT2D eigenvalue weighted by Crippen LogP contribution is 2.17. The van der Waals surface area contributed by atoms with Crippen molar-refractivity contribution in [1.82, 2.24) is 4.31 Å². The fourth-order valence-corrected chi connectivity index (χ4v) is 3.44. The van der Waals surface area contributed by atoms with Gasteiger partial charge in [0.05, 0.1) is 4.90 Å². The fraction of sp³-hybridized carbons (Fsp3) is 0.571. The lowest BCUT2D eigenvalue weighted by atomic mass is 10.2. The Bertz CT molecular complexity index is 485. The van der Waals surface area contributed by atoms with E-state index in [2.05, 4.69) is 6.92 Å². The van der Waals surface area contributed by atoms with Crippen LogP contribution in [0.25, 0.3) is 0 Å². The van der Waals surface area contributed by atoms with Gasteiger partial charge in [0, 0.05) is 19.0 Å².